The lowest BCUT2D eigenvalue weighted by Gasteiger charge is -2.32. The quantitative estimate of drug-likeness (QED) is 0.447. The van der Waals surface area contributed by atoms with Crippen LogP contribution in [-0.2, 0) is 4.79 Å². The SMILES string of the molecule is COc1cccc(NC(=O)CN2C(c3ccccc3)=CC(c3ccc(Cl)cc3)n3nnnc32)c1. The summed E-state index contributed by atoms with van der Waals surface area (Å²) in [5.74, 6) is 0.923. The summed E-state index contributed by atoms with van der Waals surface area (Å²) < 4.78 is 6.95. The Bertz CT molecular complexity index is 1340. The molecule has 1 aliphatic rings. The Hall–Kier alpha value is -4.17. The summed E-state index contributed by atoms with van der Waals surface area (Å²) >= 11 is 6.10. The Labute approximate surface area is 201 Å². The number of fused-ring (bicyclic) bond motifs is 1. The van der Waals surface area contributed by atoms with E-state index in [1.54, 1.807) is 17.9 Å². The van der Waals surface area contributed by atoms with Crippen LogP contribution in [-0.4, -0.2) is 39.8 Å². The fourth-order valence-corrected chi connectivity index (χ4v) is 4.05. The van der Waals surface area contributed by atoms with Crippen molar-refractivity contribution in [2.75, 3.05) is 23.9 Å². The minimum Gasteiger partial charge on any atom is -0.497 e. The van der Waals surface area contributed by atoms with Crippen LogP contribution in [0.1, 0.15) is 17.2 Å². The summed E-state index contributed by atoms with van der Waals surface area (Å²) in [7, 11) is 1.59. The number of anilines is 2. The molecule has 5 rings (SSSR count). The molecule has 4 aromatic rings. The van der Waals surface area contributed by atoms with Crippen LogP contribution in [0.25, 0.3) is 5.70 Å². The van der Waals surface area contributed by atoms with Gasteiger partial charge >= 0.3 is 0 Å². The Morgan fingerprint density at radius 1 is 1.06 bits per heavy atom. The van der Waals surface area contributed by atoms with Gasteiger partial charge in [0.15, 0.2) is 0 Å². The molecule has 0 saturated carbocycles. The van der Waals surface area contributed by atoms with Crippen molar-refractivity contribution in [1.29, 1.82) is 0 Å². The number of nitrogens with zero attached hydrogens (tertiary/aromatic N) is 5. The molecular formula is C25H21ClN6O2. The second kappa shape index (κ2) is 9.36. The summed E-state index contributed by atoms with van der Waals surface area (Å²) in [4.78, 5) is 14.9. The zero-order chi connectivity index (χ0) is 23.5. The van der Waals surface area contributed by atoms with E-state index in [2.05, 4.69) is 26.9 Å². The van der Waals surface area contributed by atoms with E-state index in [1.165, 1.54) is 0 Å². The van der Waals surface area contributed by atoms with Crippen molar-refractivity contribution in [2.24, 2.45) is 0 Å². The van der Waals surface area contributed by atoms with Gasteiger partial charge in [0.05, 0.1) is 12.8 Å². The minimum absolute atomic E-state index is 0.0195. The van der Waals surface area contributed by atoms with Crippen molar-refractivity contribution in [1.82, 2.24) is 20.2 Å². The number of amides is 1. The zero-order valence-corrected chi connectivity index (χ0v) is 19.1. The molecular weight excluding hydrogens is 452 g/mol. The summed E-state index contributed by atoms with van der Waals surface area (Å²) in [6, 6.07) is 24.4. The number of methoxy groups -OCH3 is 1. The van der Waals surface area contributed by atoms with E-state index in [1.807, 2.05) is 77.7 Å². The largest absolute Gasteiger partial charge is 0.497 e. The zero-order valence-electron chi connectivity index (χ0n) is 18.3. The van der Waals surface area contributed by atoms with E-state index in [4.69, 9.17) is 16.3 Å². The molecule has 0 fully saturated rings. The smallest absolute Gasteiger partial charge is 0.251 e. The molecule has 0 aliphatic carbocycles. The van der Waals surface area contributed by atoms with Crippen molar-refractivity contribution < 1.29 is 9.53 Å². The van der Waals surface area contributed by atoms with Gasteiger partial charge < -0.3 is 10.1 Å². The number of aromatic nitrogens is 4. The number of rotatable bonds is 6. The molecule has 1 aliphatic heterocycles. The van der Waals surface area contributed by atoms with Crippen LogP contribution >= 0.6 is 11.6 Å². The predicted octanol–water partition coefficient (Wildman–Crippen LogP) is 4.42. The molecule has 170 valence electrons. The van der Waals surface area contributed by atoms with E-state index < -0.39 is 0 Å². The standard InChI is InChI=1S/C25H21ClN6O2/c1-34-21-9-5-8-20(14-21)27-24(33)16-31-22(17-6-3-2-4-7-17)15-23(32-25(31)28-29-30-32)18-10-12-19(26)13-11-18/h2-15,23H,16H2,1H3,(H,27,33). The summed E-state index contributed by atoms with van der Waals surface area (Å²) in [5, 5.41) is 16.0. The number of nitrogens with one attached hydrogen (secondary N) is 1. The first kappa shape index (κ1) is 21.7. The summed E-state index contributed by atoms with van der Waals surface area (Å²) in [6.45, 7) is 0.0195. The third-order valence-electron chi connectivity index (χ3n) is 5.52. The number of hydrogen-bond acceptors (Lipinski definition) is 6. The molecule has 2 heterocycles. The van der Waals surface area contributed by atoms with Crippen LogP contribution in [0.2, 0.25) is 5.02 Å². The molecule has 1 amide bonds. The fourth-order valence-electron chi connectivity index (χ4n) is 3.92. The van der Waals surface area contributed by atoms with Gasteiger partial charge in [-0.3, -0.25) is 9.69 Å². The number of carbonyl (C=O) groups is 1. The van der Waals surface area contributed by atoms with E-state index >= 15 is 0 Å². The van der Waals surface area contributed by atoms with Crippen molar-refractivity contribution in [2.45, 2.75) is 6.04 Å². The van der Waals surface area contributed by atoms with Crippen LogP contribution < -0.4 is 15.0 Å². The van der Waals surface area contributed by atoms with E-state index in [0.29, 0.717) is 22.4 Å². The molecule has 1 N–H and O–H groups in total. The van der Waals surface area contributed by atoms with Gasteiger partial charge in [0.1, 0.15) is 18.3 Å². The summed E-state index contributed by atoms with van der Waals surface area (Å²) in [6.07, 6.45) is 2.06. The maximum absolute atomic E-state index is 13.1. The summed E-state index contributed by atoms with van der Waals surface area (Å²) in [5.41, 5.74) is 3.41. The molecule has 1 unspecified atom stereocenters. The Balaban J connectivity index is 1.51. The normalized spacial score (nSPS) is 14.8. The number of tetrazole rings is 1. The average molecular weight is 473 g/mol. The second-order valence-corrected chi connectivity index (χ2v) is 8.14. The highest BCUT2D eigenvalue weighted by molar-refractivity contribution is 6.30. The van der Waals surface area contributed by atoms with Gasteiger partial charge in [0.25, 0.3) is 5.95 Å². The topological polar surface area (TPSA) is 85.2 Å². The maximum atomic E-state index is 13.1. The lowest BCUT2D eigenvalue weighted by Crippen LogP contribution is -2.37. The Morgan fingerprint density at radius 2 is 1.85 bits per heavy atom. The van der Waals surface area contributed by atoms with E-state index in [-0.39, 0.29) is 18.5 Å². The van der Waals surface area contributed by atoms with Gasteiger partial charge in [-0.05, 0) is 51.9 Å². The number of halogens is 1. The first-order valence-electron chi connectivity index (χ1n) is 10.6. The van der Waals surface area contributed by atoms with Gasteiger partial charge in [0, 0.05) is 16.8 Å². The molecule has 9 heteroatoms. The number of ether oxygens (including phenoxy) is 1. The van der Waals surface area contributed by atoms with Gasteiger partial charge in [0.2, 0.25) is 5.91 Å². The van der Waals surface area contributed by atoms with Crippen molar-refractivity contribution in [3.05, 3.63) is 101 Å². The van der Waals surface area contributed by atoms with Gasteiger partial charge in [-0.25, -0.2) is 0 Å². The molecule has 8 nitrogen and oxygen atoms in total. The molecule has 34 heavy (non-hydrogen) atoms. The highest BCUT2D eigenvalue weighted by Gasteiger charge is 2.31. The van der Waals surface area contributed by atoms with E-state index in [9.17, 15) is 4.79 Å². The van der Waals surface area contributed by atoms with Crippen LogP contribution in [0.5, 0.6) is 5.75 Å². The number of hydrogen-bond donors (Lipinski definition) is 1. The van der Waals surface area contributed by atoms with Crippen molar-refractivity contribution in [3.8, 4) is 5.75 Å². The Morgan fingerprint density at radius 3 is 2.62 bits per heavy atom. The lowest BCUT2D eigenvalue weighted by atomic mass is 10.0. The highest BCUT2D eigenvalue weighted by atomic mass is 35.5. The maximum Gasteiger partial charge on any atom is 0.251 e. The molecule has 0 spiro atoms. The van der Waals surface area contributed by atoms with Gasteiger partial charge in [-0.15, -0.1) is 0 Å². The first-order chi connectivity index (χ1) is 16.6. The molecule has 1 atom stereocenters. The highest BCUT2D eigenvalue weighted by Crippen LogP contribution is 2.36. The first-order valence-corrected chi connectivity index (χ1v) is 11.0. The predicted molar refractivity (Wildman–Crippen MR) is 131 cm³/mol. The lowest BCUT2D eigenvalue weighted by molar-refractivity contribution is -0.114. The van der Waals surface area contributed by atoms with Crippen LogP contribution in [0.15, 0.2) is 84.9 Å². The molecule has 0 bridgehead atoms. The van der Waals surface area contributed by atoms with E-state index in [0.717, 1.165) is 16.8 Å². The van der Waals surface area contributed by atoms with Crippen LogP contribution in [0, 0.1) is 0 Å². The fraction of sp³-hybridized carbons (Fsp3) is 0.120. The minimum atomic E-state index is -0.254. The van der Waals surface area contributed by atoms with Crippen molar-refractivity contribution >= 4 is 34.8 Å². The number of allylic oxidation sites excluding steroid dienone is 1. The monoisotopic (exact) mass is 472 g/mol. The third-order valence-corrected chi connectivity index (χ3v) is 5.78. The van der Waals surface area contributed by atoms with Crippen molar-refractivity contribution in [3.63, 3.8) is 0 Å². The van der Waals surface area contributed by atoms with Crippen LogP contribution in [0.3, 0.4) is 0 Å². The number of carbonyl (C=O) groups excluding carboxylic acids is 1. The Kier molecular flexibility index (Phi) is 5.97. The van der Waals surface area contributed by atoms with Gasteiger partial charge in [-0.1, -0.05) is 65.2 Å². The third kappa shape index (κ3) is 4.35. The average Bonchev–Trinajstić information content (AvgIpc) is 3.36. The van der Waals surface area contributed by atoms with Gasteiger partial charge in [-0.2, -0.15) is 4.68 Å². The second-order valence-electron chi connectivity index (χ2n) is 7.70. The molecule has 1 aromatic heterocycles. The van der Waals surface area contributed by atoms with Crippen LogP contribution in [0.4, 0.5) is 11.6 Å². The molecule has 0 radical (unpaired) electrons. The molecule has 3 aromatic carbocycles. The molecule has 0 saturated heterocycles. The number of benzene rings is 3.